The number of phenols is 1. The maximum Gasteiger partial charge on any atom is 0.254 e. The quantitative estimate of drug-likeness (QED) is 0.809. The normalized spacial score (nSPS) is 10.1. The van der Waals surface area contributed by atoms with E-state index in [9.17, 15) is 19.1 Å². The highest BCUT2D eigenvalue weighted by molar-refractivity contribution is 5.97. The smallest absolute Gasteiger partial charge is 0.254 e. The molecule has 2 amide bonds. The highest BCUT2D eigenvalue weighted by Crippen LogP contribution is 2.16. The summed E-state index contributed by atoms with van der Waals surface area (Å²) in [6.07, 6.45) is 0.0566. The van der Waals surface area contributed by atoms with E-state index < -0.39 is 11.7 Å². The van der Waals surface area contributed by atoms with E-state index >= 15 is 0 Å². The Morgan fingerprint density at radius 3 is 2.64 bits per heavy atom. The lowest BCUT2D eigenvalue weighted by Gasteiger charge is -2.08. The van der Waals surface area contributed by atoms with Gasteiger partial charge in [-0.1, -0.05) is 12.1 Å². The molecule has 0 heterocycles. The van der Waals surface area contributed by atoms with Crippen molar-refractivity contribution in [3.63, 3.8) is 0 Å². The number of hydrogen-bond donors (Lipinski definition) is 3. The highest BCUT2D eigenvalue weighted by atomic mass is 19.1. The summed E-state index contributed by atoms with van der Waals surface area (Å²) >= 11 is 0. The first-order valence-electron chi connectivity index (χ1n) is 6.59. The number of carbonyl (C=O) groups excluding carboxylic acids is 2. The van der Waals surface area contributed by atoms with Gasteiger partial charge in [0.15, 0.2) is 0 Å². The third-order valence-corrected chi connectivity index (χ3v) is 3.00. The van der Waals surface area contributed by atoms with Gasteiger partial charge in [0.2, 0.25) is 5.91 Å². The van der Waals surface area contributed by atoms with E-state index in [1.807, 2.05) is 0 Å². The summed E-state index contributed by atoms with van der Waals surface area (Å²) < 4.78 is 13.5. The number of carbonyl (C=O) groups is 2. The minimum atomic E-state index is -0.662. The predicted octanol–water partition coefficient (Wildman–Crippen LogP) is 2.07. The molecule has 5 nitrogen and oxygen atoms in total. The Morgan fingerprint density at radius 1 is 1.18 bits per heavy atom. The minimum Gasteiger partial charge on any atom is -0.508 e. The molecule has 3 N–H and O–H groups in total. The van der Waals surface area contributed by atoms with Gasteiger partial charge in [0.25, 0.3) is 5.91 Å². The Hall–Kier alpha value is -2.89. The standard InChI is InChI=1S/C16H15FN2O3/c1-18-16(22)13-9-11(5-6-14(13)17)19-15(21)8-10-3-2-4-12(20)7-10/h2-7,9,20H,8H2,1H3,(H,18,22)(H,19,21). The minimum absolute atomic E-state index is 0.0566. The molecule has 2 aromatic rings. The zero-order chi connectivity index (χ0) is 16.1. The lowest BCUT2D eigenvalue weighted by Crippen LogP contribution is -2.20. The fraction of sp³-hybridized carbons (Fsp3) is 0.125. The van der Waals surface area contributed by atoms with Gasteiger partial charge in [0.1, 0.15) is 11.6 Å². The van der Waals surface area contributed by atoms with Gasteiger partial charge in [-0.25, -0.2) is 4.39 Å². The number of amides is 2. The lowest BCUT2D eigenvalue weighted by atomic mass is 10.1. The van der Waals surface area contributed by atoms with Crippen LogP contribution in [0.5, 0.6) is 5.75 Å². The molecule has 2 rings (SSSR count). The molecule has 0 atom stereocenters. The van der Waals surface area contributed by atoms with Gasteiger partial charge >= 0.3 is 0 Å². The fourth-order valence-corrected chi connectivity index (χ4v) is 1.97. The monoisotopic (exact) mass is 302 g/mol. The number of phenolic OH excluding ortho intramolecular Hbond substituents is 1. The highest BCUT2D eigenvalue weighted by Gasteiger charge is 2.12. The van der Waals surface area contributed by atoms with E-state index in [1.165, 1.54) is 31.3 Å². The molecule has 0 saturated carbocycles. The summed E-state index contributed by atoms with van der Waals surface area (Å²) in [6.45, 7) is 0. The van der Waals surface area contributed by atoms with E-state index in [0.717, 1.165) is 6.07 Å². The molecule has 6 heteroatoms. The number of aromatic hydroxyl groups is 1. The van der Waals surface area contributed by atoms with Crippen LogP contribution in [0.4, 0.5) is 10.1 Å². The maximum absolute atomic E-state index is 13.5. The van der Waals surface area contributed by atoms with Gasteiger partial charge in [0, 0.05) is 12.7 Å². The molecule has 114 valence electrons. The summed E-state index contributed by atoms with van der Waals surface area (Å²) in [5.41, 5.74) is 0.828. The van der Waals surface area contributed by atoms with Crippen LogP contribution in [0.15, 0.2) is 42.5 Å². The number of benzene rings is 2. The second-order valence-electron chi connectivity index (χ2n) is 4.67. The van der Waals surface area contributed by atoms with E-state index in [0.29, 0.717) is 11.3 Å². The van der Waals surface area contributed by atoms with Gasteiger partial charge in [0.05, 0.1) is 12.0 Å². The molecule has 0 aliphatic carbocycles. The largest absolute Gasteiger partial charge is 0.508 e. The summed E-state index contributed by atoms with van der Waals surface area (Å²) in [6, 6.07) is 10.1. The molecular formula is C16H15FN2O3. The van der Waals surface area contributed by atoms with Crippen molar-refractivity contribution in [2.45, 2.75) is 6.42 Å². The number of rotatable bonds is 4. The van der Waals surface area contributed by atoms with Gasteiger partial charge in [-0.3, -0.25) is 9.59 Å². The Kier molecular flexibility index (Phi) is 4.73. The maximum atomic E-state index is 13.5. The summed E-state index contributed by atoms with van der Waals surface area (Å²) in [4.78, 5) is 23.5. The topological polar surface area (TPSA) is 78.4 Å². The average molecular weight is 302 g/mol. The van der Waals surface area contributed by atoms with Crippen molar-refractivity contribution in [1.82, 2.24) is 5.32 Å². The van der Waals surface area contributed by atoms with Crippen LogP contribution in [-0.2, 0) is 11.2 Å². The van der Waals surface area contributed by atoms with Crippen molar-refractivity contribution < 1.29 is 19.1 Å². The Labute approximate surface area is 126 Å². The second kappa shape index (κ2) is 6.71. The average Bonchev–Trinajstić information content (AvgIpc) is 2.48. The first-order valence-corrected chi connectivity index (χ1v) is 6.59. The Balaban J connectivity index is 2.10. The van der Waals surface area contributed by atoms with Gasteiger partial charge in [-0.15, -0.1) is 0 Å². The zero-order valence-electron chi connectivity index (χ0n) is 11.9. The summed E-state index contributed by atoms with van der Waals surface area (Å²) in [5.74, 6) is -1.49. The van der Waals surface area contributed by atoms with Crippen molar-refractivity contribution in [3.05, 3.63) is 59.4 Å². The van der Waals surface area contributed by atoms with E-state index in [-0.39, 0.29) is 23.6 Å². The van der Waals surface area contributed by atoms with E-state index in [2.05, 4.69) is 10.6 Å². The van der Waals surface area contributed by atoms with Crippen LogP contribution in [0.1, 0.15) is 15.9 Å². The molecule has 0 unspecified atom stereocenters. The first kappa shape index (κ1) is 15.5. The van der Waals surface area contributed by atoms with Crippen LogP contribution >= 0.6 is 0 Å². The molecule has 0 aliphatic heterocycles. The van der Waals surface area contributed by atoms with Crippen molar-refractivity contribution in [1.29, 1.82) is 0 Å². The van der Waals surface area contributed by atoms with Gasteiger partial charge < -0.3 is 15.7 Å². The number of anilines is 1. The Morgan fingerprint density at radius 2 is 1.95 bits per heavy atom. The van der Waals surface area contributed by atoms with Crippen LogP contribution in [0.3, 0.4) is 0 Å². The predicted molar refractivity (Wildman–Crippen MR) is 80.2 cm³/mol. The van der Waals surface area contributed by atoms with E-state index in [1.54, 1.807) is 12.1 Å². The molecule has 2 aromatic carbocycles. The third-order valence-electron chi connectivity index (χ3n) is 3.00. The van der Waals surface area contributed by atoms with Gasteiger partial charge in [-0.2, -0.15) is 0 Å². The van der Waals surface area contributed by atoms with Crippen LogP contribution in [0, 0.1) is 5.82 Å². The lowest BCUT2D eigenvalue weighted by molar-refractivity contribution is -0.115. The van der Waals surface area contributed by atoms with Crippen LogP contribution in [0.25, 0.3) is 0 Å². The summed E-state index contributed by atoms with van der Waals surface area (Å²) in [7, 11) is 1.40. The molecule has 0 radical (unpaired) electrons. The van der Waals surface area contributed by atoms with Gasteiger partial charge in [-0.05, 0) is 35.9 Å². The van der Waals surface area contributed by atoms with Crippen molar-refractivity contribution >= 4 is 17.5 Å². The van der Waals surface area contributed by atoms with Crippen LogP contribution < -0.4 is 10.6 Å². The molecule has 0 fully saturated rings. The SMILES string of the molecule is CNC(=O)c1cc(NC(=O)Cc2cccc(O)c2)ccc1F. The molecule has 0 bridgehead atoms. The molecule has 0 aromatic heterocycles. The van der Waals surface area contributed by atoms with E-state index in [4.69, 9.17) is 0 Å². The Bertz CT molecular complexity index is 716. The molecule has 22 heavy (non-hydrogen) atoms. The van der Waals surface area contributed by atoms with Crippen LogP contribution in [0.2, 0.25) is 0 Å². The number of nitrogens with one attached hydrogen (secondary N) is 2. The summed E-state index contributed by atoms with van der Waals surface area (Å²) in [5, 5.41) is 14.3. The fourth-order valence-electron chi connectivity index (χ4n) is 1.97. The molecule has 0 spiro atoms. The number of hydrogen-bond acceptors (Lipinski definition) is 3. The van der Waals surface area contributed by atoms with Crippen LogP contribution in [-0.4, -0.2) is 24.0 Å². The number of halogens is 1. The van der Waals surface area contributed by atoms with Crippen molar-refractivity contribution in [2.24, 2.45) is 0 Å². The first-order chi connectivity index (χ1) is 10.5. The second-order valence-corrected chi connectivity index (χ2v) is 4.67. The molecule has 0 aliphatic rings. The van der Waals surface area contributed by atoms with Crippen molar-refractivity contribution in [3.8, 4) is 5.75 Å². The van der Waals surface area contributed by atoms with Crippen molar-refractivity contribution in [2.75, 3.05) is 12.4 Å². The third kappa shape index (κ3) is 3.82. The molecule has 0 saturated heterocycles. The zero-order valence-corrected chi connectivity index (χ0v) is 11.9. The molecular weight excluding hydrogens is 287 g/mol.